The number of hydrogen-bond donors (Lipinski definition) is 2. The van der Waals surface area contributed by atoms with E-state index in [9.17, 15) is 19.8 Å². The summed E-state index contributed by atoms with van der Waals surface area (Å²) in [5.41, 5.74) is -0.0512. The molecule has 2 rings (SSSR count). The topological polar surface area (TPSA) is 93.1 Å². The van der Waals surface area contributed by atoms with Gasteiger partial charge in [-0.2, -0.15) is 0 Å². The van der Waals surface area contributed by atoms with Crippen LogP contribution in [0.25, 0.3) is 0 Å². The largest absolute Gasteiger partial charge is 0.460 e. The minimum absolute atomic E-state index is 0.0512. The molecular weight excluding hydrogens is 324 g/mol. The highest BCUT2D eigenvalue weighted by Gasteiger charge is 2.45. The van der Waals surface area contributed by atoms with Crippen LogP contribution in [0.3, 0.4) is 0 Å². The lowest BCUT2D eigenvalue weighted by atomic mass is 9.60. The van der Waals surface area contributed by atoms with Gasteiger partial charge in [0, 0.05) is 13.8 Å². The summed E-state index contributed by atoms with van der Waals surface area (Å²) in [5, 5.41) is 20.7. The van der Waals surface area contributed by atoms with Crippen LogP contribution in [0, 0.1) is 17.3 Å². The monoisotopic (exact) mass is 356 g/mol. The summed E-state index contributed by atoms with van der Waals surface area (Å²) >= 11 is 0. The van der Waals surface area contributed by atoms with E-state index in [1.54, 1.807) is 0 Å². The molecule has 0 radical (unpaired) electrons. The van der Waals surface area contributed by atoms with E-state index < -0.39 is 24.4 Å². The first-order chi connectivity index (χ1) is 11.6. The summed E-state index contributed by atoms with van der Waals surface area (Å²) in [7, 11) is 0. The van der Waals surface area contributed by atoms with E-state index in [-0.39, 0.29) is 17.4 Å². The molecule has 0 aliphatic heterocycles. The zero-order valence-corrected chi connectivity index (χ0v) is 15.7. The molecule has 0 aromatic carbocycles. The zero-order valence-electron chi connectivity index (χ0n) is 15.7. The Balaban J connectivity index is 1.95. The fourth-order valence-electron chi connectivity index (χ4n) is 4.62. The number of ether oxygens (including phenoxy) is 2. The summed E-state index contributed by atoms with van der Waals surface area (Å²) in [5.74, 6) is -0.101. The third kappa shape index (κ3) is 4.94. The molecule has 0 saturated heterocycles. The van der Waals surface area contributed by atoms with E-state index >= 15 is 0 Å². The highest BCUT2D eigenvalue weighted by molar-refractivity contribution is 5.66. The van der Waals surface area contributed by atoms with E-state index in [2.05, 4.69) is 13.8 Å². The predicted octanol–water partition coefficient (Wildman–Crippen LogP) is 2.20. The van der Waals surface area contributed by atoms with Gasteiger partial charge in [0.2, 0.25) is 0 Å². The van der Waals surface area contributed by atoms with Gasteiger partial charge in [0.15, 0.2) is 0 Å². The molecule has 0 spiro atoms. The molecule has 2 aliphatic carbocycles. The molecule has 0 aromatic rings. The minimum atomic E-state index is -0.635. The highest BCUT2D eigenvalue weighted by atomic mass is 16.6. The van der Waals surface area contributed by atoms with Gasteiger partial charge < -0.3 is 19.7 Å². The Morgan fingerprint density at radius 2 is 1.16 bits per heavy atom. The third-order valence-corrected chi connectivity index (χ3v) is 6.25. The normalized spacial score (nSPS) is 36.6. The number of aliphatic hydroxyl groups is 2. The van der Waals surface area contributed by atoms with Crippen molar-refractivity contribution in [3.63, 3.8) is 0 Å². The molecule has 6 atom stereocenters. The van der Waals surface area contributed by atoms with Gasteiger partial charge in [-0.15, -0.1) is 0 Å². The van der Waals surface area contributed by atoms with Crippen molar-refractivity contribution < 1.29 is 29.3 Å². The van der Waals surface area contributed by atoms with Gasteiger partial charge in [0.1, 0.15) is 12.2 Å². The van der Waals surface area contributed by atoms with Crippen LogP contribution in [0.4, 0.5) is 0 Å². The zero-order chi connectivity index (χ0) is 18.8. The van der Waals surface area contributed by atoms with Crippen LogP contribution >= 0.6 is 0 Å². The lowest BCUT2D eigenvalue weighted by molar-refractivity contribution is -0.161. The van der Waals surface area contributed by atoms with Gasteiger partial charge in [-0.25, -0.2) is 0 Å². The number of carbonyl (C=O) groups excluding carboxylic acids is 2. The van der Waals surface area contributed by atoms with Gasteiger partial charge in [0.25, 0.3) is 0 Å². The summed E-state index contributed by atoms with van der Waals surface area (Å²) in [6, 6.07) is 0. The van der Waals surface area contributed by atoms with Crippen LogP contribution in [0.2, 0.25) is 0 Å². The van der Waals surface area contributed by atoms with Crippen molar-refractivity contribution in [1.29, 1.82) is 0 Å². The highest BCUT2D eigenvalue weighted by Crippen LogP contribution is 2.49. The maximum Gasteiger partial charge on any atom is 0.302 e. The first-order valence-corrected chi connectivity index (χ1v) is 9.31. The quantitative estimate of drug-likeness (QED) is 0.750. The fourth-order valence-corrected chi connectivity index (χ4v) is 4.62. The van der Waals surface area contributed by atoms with Crippen molar-refractivity contribution in [3.8, 4) is 0 Å². The van der Waals surface area contributed by atoms with Crippen molar-refractivity contribution in [3.05, 3.63) is 0 Å². The molecule has 2 aliphatic rings. The van der Waals surface area contributed by atoms with Crippen molar-refractivity contribution in [1.82, 2.24) is 0 Å². The minimum Gasteiger partial charge on any atom is -0.460 e. The Morgan fingerprint density at radius 1 is 0.800 bits per heavy atom. The van der Waals surface area contributed by atoms with E-state index in [1.165, 1.54) is 13.8 Å². The van der Waals surface area contributed by atoms with Crippen molar-refractivity contribution >= 4 is 11.9 Å². The number of esters is 2. The molecule has 0 heterocycles. The molecular formula is C19H32O6. The molecule has 0 bridgehead atoms. The van der Waals surface area contributed by atoms with Gasteiger partial charge in [-0.05, 0) is 55.8 Å². The van der Waals surface area contributed by atoms with E-state index in [0.717, 1.165) is 12.8 Å². The Kier molecular flexibility index (Phi) is 6.49. The SMILES string of the molecule is CC(=O)OC1CCC(C(C)(C)C2CCC(OC(C)=O)C(O)C2)CC1O. The molecule has 6 heteroatoms. The summed E-state index contributed by atoms with van der Waals surface area (Å²) < 4.78 is 10.4. The fraction of sp³-hybridized carbons (Fsp3) is 0.895. The molecule has 2 saturated carbocycles. The predicted molar refractivity (Wildman–Crippen MR) is 91.6 cm³/mol. The Morgan fingerprint density at radius 3 is 1.44 bits per heavy atom. The summed E-state index contributed by atoms with van der Waals surface area (Å²) in [4.78, 5) is 22.3. The van der Waals surface area contributed by atoms with Crippen LogP contribution in [-0.2, 0) is 19.1 Å². The van der Waals surface area contributed by atoms with Gasteiger partial charge in [0.05, 0.1) is 12.2 Å². The standard InChI is InChI=1S/C19H32O6/c1-11(20)24-17-7-5-13(9-15(17)22)19(3,4)14-6-8-18(16(23)10-14)25-12(2)21/h13-18,22-23H,5-10H2,1-4H3. The molecule has 144 valence electrons. The van der Waals surface area contributed by atoms with Gasteiger partial charge in [-0.3, -0.25) is 9.59 Å². The molecule has 25 heavy (non-hydrogen) atoms. The second-order valence-corrected chi connectivity index (χ2v) is 8.27. The van der Waals surface area contributed by atoms with Crippen LogP contribution in [0.5, 0.6) is 0 Å². The van der Waals surface area contributed by atoms with E-state index in [1.807, 2.05) is 0 Å². The van der Waals surface area contributed by atoms with E-state index in [4.69, 9.17) is 9.47 Å². The van der Waals surface area contributed by atoms with Gasteiger partial charge >= 0.3 is 11.9 Å². The van der Waals surface area contributed by atoms with E-state index in [0.29, 0.717) is 37.5 Å². The maximum atomic E-state index is 11.1. The molecule has 0 aromatic heterocycles. The van der Waals surface area contributed by atoms with Crippen LogP contribution < -0.4 is 0 Å². The second kappa shape index (κ2) is 8.04. The molecule has 0 amide bonds. The summed E-state index contributed by atoms with van der Waals surface area (Å²) in [6.45, 7) is 7.12. The van der Waals surface area contributed by atoms with Crippen LogP contribution in [-0.4, -0.2) is 46.6 Å². The Bertz CT molecular complexity index is 446. The van der Waals surface area contributed by atoms with Crippen LogP contribution in [0.1, 0.15) is 66.2 Å². The van der Waals surface area contributed by atoms with Crippen molar-refractivity contribution in [2.45, 2.75) is 90.6 Å². The number of hydrogen-bond acceptors (Lipinski definition) is 6. The lowest BCUT2D eigenvalue weighted by Gasteiger charge is -2.48. The second-order valence-electron chi connectivity index (χ2n) is 8.27. The molecule has 2 N–H and O–H groups in total. The smallest absolute Gasteiger partial charge is 0.302 e. The number of rotatable bonds is 4. The van der Waals surface area contributed by atoms with Gasteiger partial charge in [-0.1, -0.05) is 13.8 Å². The summed E-state index contributed by atoms with van der Waals surface area (Å²) in [6.07, 6.45) is 2.23. The first kappa shape index (κ1) is 20.2. The average Bonchev–Trinajstić information content (AvgIpc) is 2.50. The van der Waals surface area contributed by atoms with Crippen LogP contribution in [0.15, 0.2) is 0 Å². The third-order valence-electron chi connectivity index (χ3n) is 6.25. The maximum absolute atomic E-state index is 11.1. The molecule has 6 nitrogen and oxygen atoms in total. The number of aliphatic hydroxyl groups excluding tert-OH is 2. The Hall–Kier alpha value is -1.14. The van der Waals surface area contributed by atoms with Crippen molar-refractivity contribution in [2.75, 3.05) is 0 Å². The average molecular weight is 356 g/mol. The molecule has 2 fully saturated rings. The molecule has 6 unspecified atom stereocenters. The number of carbonyl (C=O) groups is 2. The first-order valence-electron chi connectivity index (χ1n) is 9.31. The Labute approximate surface area is 149 Å². The van der Waals surface area contributed by atoms with Crippen molar-refractivity contribution in [2.24, 2.45) is 17.3 Å². The lowest BCUT2D eigenvalue weighted by Crippen LogP contribution is -2.47.